The fourth-order valence-corrected chi connectivity index (χ4v) is 2.14. The average Bonchev–Trinajstić information content (AvgIpc) is 2.88. The maximum Gasteiger partial charge on any atom is 0.329 e. The molecule has 22 heavy (non-hydrogen) atoms. The van der Waals surface area contributed by atoms with E-state index in [1.807, 2.05) is 0 Å². The van der Waals surface area contributed by atoms with E-state index < -0.39 is 29.8 Å². The third kappa shape index (κ3) is 3.94. The summed E-state index contributed by atoms with van der Waals surface area (Å²) in [7, 11) is 0. The fourth-order valence-electron chi connectivity index (χ4n) is 1.93. The molecule has 1 aromatic rings. The molecule has 0 unspecified atom stereocenters. The van der Waals surface area contributed by atoms with Gasteiger partial charge in [0.1, 0.15) is 11.9 Å². The van der Waals surface area contributed by atoms with Crippen LogP contribution in [0.3, 0.4) is 0 Å². The van der Waals surface area contributed by atoms with Crippen LogP contribution >= 0.6 is 11.6 Å². The zero-order chi connectivity index (χ0) is 16.3. The van der Waals surface area contributed by atoms with Crippen LogP contribution in [0.25, 0.3) is 0 Å². The predicted octanol–water partition coefficient (Wildman–Crippen LogP) is 1.63. The van der Waals surface area contributed by atoms with Crippen LogP contribution in [0.2, 0.25) is 5.02 Å². The monoisotopic (exact) mass is 328 g/mol. The van der Waals surface area contributed by atoms with E-state index in [1.165, 1.54) is 13.0 Å². The van der Waals surface area contributed by atoms with Crippen molar-refractivity contribution >= 4 is 35.1 Å². The Labute approximate surface area is 131 Å². The molecule has 2 atom stereocenters. The van der Waals surface area contributed by atoms with Crippen molar-refractivity contribution in [2.24, 2.45) is 0 Å². The molecule has 1 aromatic carbocycles. The second-order valence-corrected chi connectivity index (χ2v) is 5.26. The maximum absolute atomic E-state index is 12.9. The number of hydrogen-bond donors (Lipinski definition) is 2. The molecule has 0 bridgehead atoms. The van der Waals surface area contributed by atoms with Crippen LogP contribution in [-0.2, 0) is 19.1 Å². The number of hydrogen-bond acceptors (Lipinski definition) is 4. The summed E-state index contributed by atoms with van der Waals surface area (Å²) in [6.07, 6.45) is -0.479. The lowest BCUT2D eigenvalue weighted by Crippen LogP contribution is -2.39. The molecular weight excluding hydrogens is 315 g/mol. The molecule has 1 heterocycles. The lowest BCUT2D eigenvalue weighted by atomic mass is 10.2. The predicted molar refractivity (Wildman–Crippen MR) is 76.8 cm³/mol. The van der Waals surface area contributed by atoms with E-state index in [9.17, 15) is 18.8 Å². The second-order valence-electron chi connectivity index (χ2n) is 4.85. The minimum absolute atomic E-state index is 0.0370. The van der Waals surface area contributed by atoms with Gasteiger partial charge in [0.05, 0.1) is 10.7 Å². The number of ether oxygens (including phenoxy) is 1. The van der Waals surface area contributed by atoms with Gasteiger partial charge in [-0.25, -0.2) is 9.18 Å². The third-order valence-corrected chi connectivity index (χ3v) is 3.44. The molecule has 0 radical (unpaired) electrons. The van der Waals surface area contributed by atoms with Crippen LogP contribution in [-0.4, -0.2) is 29.9 Å². The number of esters is 1. The van der Waals surface area contributed by atoms with E-state index in [0.717, 1.165) is 12.1 Å². The number of amides is 2. The molecule has 118 valence electrons. The second kappa shape index (κ2) is 6.74. The van der Waals surface area contributed by atoms with Gasteiger partial charge in [-0.1, -0.05) is 11.6 Å². The highest BCUT2D eigenvalue weighted by molar-refractivity contribution is 6.33. The molecule has 2 rings (SSSR count). The molecule has 1 aliphatic rings. The minimum Gasteiger partial charge on any atom is -0.451 e. The fraction of sp³-hybridized carbons (Fsp3) is 0.357. The summed E-state index contributed by atoms with van der Waals surface area (Å²) in [5.74, 6) is -2.03. The molecule has 0 saturated carbocycles. The Balaban J connectivity index is 1.91. The number of carbonyl (C=O) groups excluding carboxylic acids is 3. The minimum atomic E-state index is -1.08. The molecule has 0 spiro atoms. The van der Waals surface area contributed by atoms with Crippen LogP contribution in [0.4, 0.5) is 10.1 Å². The summed E-state index contributed by atoms with van der Waals surface area (Å²) in [4.78, 5) is 34.8. The quantitative estimate of drug-likeness (QED) is 0.823. The van der Waals surface area contributed by atoms with E-state index >= 15 is 0 Å². The molecule has 1 saturated heterocycles. The molecule has 1 aliphatic heterocycles. The lowest BCUT2D eigenvalue weighted by Gasteiger charge is -2.16. The smallest absolute Gasteiger partial charge is 0.329 e. The Morgan fingerprint density at radius 1 is 1.50 bits per heavy atom. The van der Waals surface area contributed by atoms with Crippen molar-refractivity contribution in [2.45, 2.75) is 31.9 Å². The zero-order valence-corrected chi connectivity index (χ0v) is 12.4. The van der Waals surface area contributed by atoms with Crippen molar-refractivity contribution < 1.29 is 23.5 Å². The Kier molecular flexibility index (Phi) is 4.97. The van der Waals surface area contributed by atoms with Crippen LogP contribution in [0.1, 0.15) is 19.8 Å². The highest BCUT2D eigenvalue weighted by atomic mass is 35.5. The summed E-state index contributed by atoms with van der Waals surface area (Å²) in [6.45, 7) is 1.39. The first-order valence-electron chi connectivity index (χ1n) is 6.62. The van der Waals surface area contributed by atoms with E-state index in [4.69, 9.17) is 16.3 Å². The SMILES string of the molecule is C[C@H](OC(=O)[C@H]1CCC(=O)N1)C(=O)Nc1ccc(F)cc1Cl. The van der Waals surface area contributed by atoms with Gasteiger partial charge in [-0.3, -0.25) is 9.59 Å². The van der Waals surface area contributed by atoms with Gasteiger partial charge in [-0.2, -0.15) is 0 Å². The number of nitrogens with one attached hydrogen (secondary N) is 2. The Bertz CT molecular complexity index is 623. The van der Waals surface area contributed by atoms with Gasteiger partial charge in [-0.15, -0.1) is 0 Å². The number of rotatable bonds is 4. The van der Waals surface area contributed by atoms with Crippen LogP contribution in [0, 0.1) is 5.82 Å². The van der Waals surface area contributed by atoms with Gasteiger partial charge >= 0.3 is 5.97 Å². The average molecular weight is 329 g/mol. The summed E-state index contributed by atoms with van der Waals surface area (Å²) in [5.41, 5.74) is 0.213. The molecule has 2 amide bonds. The molecule has 8 heteroatoms. The highest BCUT2D eigenvalue weighted by Gasteiger charge is 2.30. The first kappa shape index (κ1) is 16.2. The molecule has 0 aliphatic carbocycles. The highest BCUT2D eigenvalue weighted by Crippen LogP contribution is 2.22. The number of carbonyl (C=O) groups is 3. The maximum atomic E-state index is 12.9. The van der Waals surface area contributed by atoms with Crippen LogP contribution < -0.4 is 10.6 Å². The van der Waals surface area contributed by atoms with Crippen molar-refractivity contribution in [2.75, 3.05) is 5.32 Å². The molecule has 1 fully saturated rings. The Hall–Kier alpha value is -2.15. The molecule has 6 nitrogen and oxygen atoms in total. The van der Waals surface area contributed by atoms with Crippen LogP contribution in [0.5, 0.6) is 0 Å². The van der Waals surface area contributed by atoms with Gasteiger partial charge in [-0.05, 0) is 31.5 Å². The first-order valence-corrected chi connectivity index (χ1v) is 7.00. The number of benzene rings is 1. The molecular formula is C14H14ClFN2O4. The standard InChI is InChI=1S/C14H14ClFN2O4/c1-7(22-14(21)11-4-5-12(19)17-11)13(20)18-10-3-2-8(16)6-9(10)15/h2-3,6-7,11H,4-5H2,1H3,(H,17,19)(H,18,20)/t7-,11+/m0/s1. The Morgan fingerprint density at radius 2 is 2.23 bits per heavy atom. The van der Waals surface area contributed by atoms with Crippen molar-refractivity contribution in [1.29, 1.82) is 0 Å². The lowest BCUT2D eigenvalue weighted by molar-refractivity contribution is -0.155. The van der Waals surface area contributed by atoms with E-state index in [1.54, 1.807) is 0 Å². The van der Waals surface area contributed by atoms with Crippen molar-refractivity contribution in [3.05, 3.63) is 29.0 Å². The summed E-state index contributed by atoms with van der Waals surface area (Å²) in [5, 5.41) is 4.93. The van der Waals surface area contributed by atoms with E-state index in [-0.39, 0.29) is 23.0 Å². The summed E-state index contributed by atoms with van der Waals surface area (Å²) in [6, 6.07) is 2.78. The summed E-state index contributed by atoms with van der Waals surface area (Å²) < 4.78 is 17.9. The first-order chi connectivity index (χ1) is 10.4. The molecule has 2 N–H and O–H groups in total. The van der Waals surface area contributed by atoms with Gasteiger partial charge < -0.3 is 15.4 Å². The normalized spacial score (nSPS) is 18.5. The van der Waals surface area contributed by atoms with E-state index in [0.29, 0.717) is 6.42 Å². The molecule has 0 aromatic heterocycles. The van der Waals surface area contributed by atoms with Crippen molar-refractivity contribution in [1.82, 2.24) is 5.32 Å². The van der Waals surface area contributed by atoms with Crippen LogP contribution in [0.15, 0.2) is 18.2 Å². The van der Waals surface area contributed by atoms with Gasteiger partial charge in [0, 0.05) is 6.42 Å². The third-order valence-electron chi connectivity index (χ3n) is 3.13. The van der Waals surface area contributed by atoms with Crippen molar-refractivity contribution in [3.8, 4) is 0 Å². The topological polar surface area (TPSA) is 84.5 Å². The Morgan fingerprint density at radius 3 is 2.82 bits per heavy atom. The van der Waals surface area contributed by atoms with Gasteiger partial charge in [0.2, 0.25) is 5.91 Å². The number of anilines is 1. The van der Waals surface area contributed by atoms with Crippen molar-refractivity contribution in [3.63, 3.8) is 0 Å². The largest absolute Gasteiger partial charge is 0.451 e. The summed E-state index contributed by atoms with van der Waals surface area (Å²) >= 11 is 5.79. The zero-order valence-electron chi connectivity index (χ0n) is 11.7. The van der Waals surface area contributed by atoms with Gasteiger partial charge in [0.25, 0.3) is 5.91 Å². The van der Waals surface area contributed by atoms with E-state index in [2.05, 4.69) is 10.6 Å². The number of halogens is 2. The van der Waals surface area contributed by atoms with Gasteiger partial charge in [0.15, 0.2) is 6.10 Å².